The van der Waals surface area contributed by atoms with Gasteiger partial charge in [-0.15, -0.1) is 0 Å². The topological polar surface area (TPSA) is 34.2 Å². The normalized spacial score (nSPS) is 12.3. The highest BCUT2D eigenvalue weighted by Gasteiger charge is 2.18. The molecule has 0 saturated carbocycles. The summed E-state index contributed by atoms with van der Waals surface area (Å²) in [5.41, 5.74) is 11.0. The zero-order valence-electron chi connectivity index (χ0n) is 28.4. The summed E-state index contributed by atoms with van der Waals surface area (Å²) < 4.78 is 4.81. The molecular weight excluding hydrogens is 621 g/mol. The lowest BCUT2D eigenvalue weighted by Crippen LogP contribution is -2.19. The Labute approximate surface area is 297 Å². The van der Waals surface area contributed by atoms with Crippen LogP contribution in [0.5, 0.6) is 0 Å². The first kappa shape index (κ1) is 30.4. The quantitative estimate of drug-likeness (QED) is 0.134. The fourth-order valence-electron chi connectivity index (χ4n) is 7.44. The Kier molecular flexibility index (Phi) is 7.75. The minimum atomic E-state index is 0.746. The highest BCUT2D eigenvalue weighted by atomic mass is 15.0. The van der Waals surface area contributed by atoms with Crippen molar-refractivity contribution in [2.24, 2.45) is 4.99 Å². The van der Waals surface area contributed by atoms with Crippen molar-refractivity contribution in [1.29, 1.82) is 0 Å². The van der Waals surface area contributed by atoms with Gasteiger partial charge < -0.3 is 14.5 Å². The van der Waals surface area contributed by atoms with Gasteiger partial charge in [-0.25, -0.2) is 4.99 Å². The molecule has 0 bridgehead atoms. The van der Waals surface area contributed by atoms with Crippen LogP contribution < -0.4 is 5.32 Å². The number of nitrogens with zero attached hydrogens (tertiary/aromatic N) is 3. The van der Waals surface area contributed by atoms with E-state index in [9.17, 15) is 0 Å². The largest absolute Gasteiger partial charge is 0.373 e. The molecule has 2 heterocycles. The number of amidine groups is 1. The monoisotopic (exact) mass is 656 g/mol. The SMILES string of the molecule is CNC(=N/C(=C\Cc1ccccc1)c1cc(-n2c3ccccc3c3ccccc32)cc(-n2c3ccccc3c3ccccc32)c1)c1ccccc1. The van der Waals surface area contributed by atoms with Crippen LogP contribution in [0.15, 0.2) is 187 Å². The van der Waals surface area contributed by atoms with Crippen molar-refractivity contribution >= 4 is 55.1 Å². The predicted octanol–water partition coefficient (Wildman–Crippen LogP) is 11.1. The third-order valence-electron chi connectivity index (χ3n) is 9.77. The predicted molar refractivity (Wildman–Crippen MR) is 215 cm³/mol. The number of allylic oxidation sites excluding steroid dienone is 1. The Hall–Kier alpha value is -6.65. The van der Waals surface area contributed by atoms with Gasteiger partial charge in [-0.05, 0) is 54.4 Å². The summed E-state index contributed by atoms with van der Waals surface area (Å²) in [6, 6.07) is 62.7. The van der Waals surface area contributed by atoms with Gasteiger partial charge in [0.15, 0.2) is 0 Å². The summed E-state index contributed by atoms with van der Waals surface area (Å²) in [5.74, 6) is 0.815. The molecule has 0 fully saturated rings. The summed E-state index contributed by atoms with van der Waals surface area (Å²) in [6.07, 6.45) is 3.01. The summed E-state index contributed by atoms with van der Waals surface area (Å²) in [5, 5.41) is 8.33. The molecule has 0 amide bonds. The first-order chi connectivity index (χ1) is 25.3. The molecule has 0 saturated heterocycles. The van der Waals surface area contributed by atoms with E-state index < -0.39 is 0 Å². The van der Waals surface area contributed by atoms with Gasteiger partial charge >= 0.3 is 0 Å². The van der Waals surface area contributed by atoms with Crippen molar-refractivity contribution < 1.29 is 0 Å². The number of hydrogen-bond acceptors (Lipinski definition) is 1. The van der Waals surface area contributed by atoms with Crippen LogP contribution in [-0.2, 0) is 6.42 Å². The molecule has 244 valence electrons. The fraction of sp³-hybridized carbons (Fsp3) is 0.0426. The number of para-hydroxylation sites is 4. The second-order valence-electron chi connectivity index (χ2n) is 12.8. The summed E-state index contributed by atoms with van der Waals surface area (Å²) in [4.78, 5) is 5.39. The maximum absolute atomic E-state index is 5.39. The lowest BCUT2D eigenvalue weighted by molar-refractivity contribution is 1.12. The van der Waals surface area contributed by atoms with Crippen LogP contribution in [0.3, 0.4) is 0 Å². The Bertz CT molecular complexity index is 2510. The van der Waals surface area contributed by atoms with Crippen molar-refractivity contribution in [3.8, 4) is 11.4 Å². The standard InChI is InChI=1S/C47H36N4/c1-48-47(34-18-6-3-7-19-34)49-42(29-28-33-16-4-2-5-17-33)35-30-36(50-43-24-12-8-20-38(43)39-21-9-13-25-44(39)50)32-37(31-35)51-45-26-14-10-22-40(45)41-23-11-15-27-46(41)51/h2-27,29-32H,28H2,1H3,(H,48,49)/b42-29-. The van der Waals surface area contributed by atoms with E-state index in [1.807, 2.05) is 13.1 Å². The number of fused-ring (bicyclic) bond motifs is 6. The Balaban J connectivity index is 1.36. The lowest BCUT2D eigenvalue weighted by atomic mass is 10.1. The first-order valence-corrected chi connectivity index (χ1v) is 17.5. The van der Waals surface area contributed by atoms with Crippen molar-refractivity contribution in [3.63, 3.8) is 0 Å². The highest BCUT2D eigenvalue weighted by Crippen LogP contribution is 2.37. The molecule has 51 heavy (non-hydrogen) atoms. The molecule has 1 N–H and O–H groups in total. The zero-order valence-corrected chi connectivity index (χ0v) is 28.4. The molecule has 9 rings (SSSR count). The molecule has 0 aliphatic rings. The van der Waals surface area contributed by atoms with E-state index in [-0.39, 0.29) is 0 Å². The summed E-state index contributed by atoms with van der Waals surface area (Å²) in [6.45, 7) is 0. The van der Waals surface area contributed by atoms with Crippen LogP contribution in [0.1, 0.15) is 16.7 Å². The molecule has 2 aromatic heterocycles. The van der Waals surface area contributed by atoms with Gasteiger partial charge in [0.25, 0.3) is 0 Å². The van der Waals surface area contributed by atoms with Gasteiger partial charge in [0.1, 0.15) is 5.84 Å². The fourth-order valence-corrected chi connectivity index (χ4v) is 7.44. The van der Waals surface area contributed by atoms with Crippen LogP contribution in [0, 0.1) is 0 Å². The number of rotatable bonds is 7. The third-order valence-corrected chi connectivity index (χ3v) is 9.77. The molecular formula is C47H36N4. The molecule has 0 unspecified atom stereocenters. The minimum absolute atomic E-state index is 0.746. The van der Waals surface area contributed by atoms with Gasteiger partial charge in [-0.2, -0.15) is 0 Å². The second kappa shape index (κ2) is 13.0. The summed E-state index contributed by atoms with van der Waals surface area (Å²) >= 11 is 0. The highest BCUT2D eigenvalue weighted by molar-refractivity contribution is 6.11. The van der Waals surface area contributed by atoms with E-state index in [1.54, 1.807) is 0 Å². The maximum Gasteiger partial charge on any atom is 0.133 e. The molecule has 7 aromatic carbocycles. The number of aliphatic imine (C=N–C) groups is 1. The van der Waals surface area contributed by atoms with E-state index in [0.717, 1.165) is 40.5 Å². The van der Waals surface area contributed by atoms with Crippen LogP contribution in [-0.4, -0.2) is 22.0 Å². The molecule has 0 aliphatic carbocycles. The first-order valence-electron chi connectivity index (χ1n) is 17.5. The molecule has 0 aliphatic heterocycles. The second-order valence-corrected chi connectivity index (χ2v) is 12.8. The van der Waals surface area contributed by atoms with Crippen LogP contribution in [0.4, 0.5) is 0 Å². The van der Waals surface area contributed by atoms with Crippen molar-refractivity contribution in [3.05, 3.63) is 199 Å². The van der Waals surface area contributed by atoms with Gasteiger partial charge in [0, 0.05) is 51.1 Å². The summed E-state index contributed by atoms with van der Waals surface area (Å²) in [7, 11) is 1.94. The van der Waals surface area contributed by atoms with Crippen LogP contribution in [0.25, 0.3) is 60.7 Å². The zero-order chi connectivity index (χ0) is 34.1. The van der Waals surface area contributed by atoms with Gasteiger partial charge in [0.2, 0.25) is 0 Å². The number of hydrogen-bond donors (Lipinski definition) is 1. The van der Waals surface area contributed by atoms with Crippen molar-refractivity contribution in [2.45, 2.75) is 6.42 Å². The molecule has 4 nitrogen and oxygen atoms in total. The van der Waals surface area contributed by atoms with Gasteiger partial charge in [0.05, 0.1) is 27.8 Å². The molecule has 4 heteroatoms. The van der Waals surface area contributed by atoms with Crippen molar-refractivity contribution in [1.82, 2.24) is 14.5 Å². The van der Waals surface area contributed by atoms with E-state index in [0.29, 0.717) is 0 Å². The molecule has 0 spiro atoms. The van der Waals surface area contributed by atoms with E-state index >= 15 is 0 Å². The number of benzene rings is 7. The van der Waals surface area contributed by atoms with E-state index in [2.05, 4.69) is 190 Å². The van der Waals surface area contributed by atoms with Gasteiger partial charge in [-0.1, -0.05) is 140 Å². The molecule has 0 atom stereocenters. The number of nitrogens with one attached hydrogen (secondary N) is 1. The Morgan fingerprint density at radius 1 is 0.490 bits per heavy atom. The van der Waals surface area contributed by atoms with E-state index in [4.69, 9.17) is 4.99 Å². The third kappa shape index (κ3) is 5.48. The smallest absolute Gasteiger partial charge is 0.133 e. The molecule has 0 radical (unpaired) electrons. The lowest BCUT2D eigenvalue weighted by Gasteiger charge is -2.17. The van der Waals surface area contributed by atoms with Crippen LogP contribution in [0.2, 0.25) is 0 Å². The number of aromatic nitrogens is 2. The van der Waals surface area contributed by atoms with Gasteiger partial charge in [-0.3, -0.25) is 0 Å². The van der Waals surface area contributed by atoms with Crippen LogP contribution >= 0.6 is 0 Å². The molecule has 9 aromatic rings. The average molecular weight is 657 g/mol. The Morgan fingerprint density at radius 3 is 1.35 bits per heavy atom. The average Bonchev–Trinajstić information content (AvgIpc) is 3.72. The Morgan fingerprint density at radius 2 is 0.902 bits per heavy atom. The minimum Gasteiger partial charge on any atom is -0.373 e. The van der Waals surface area contributed by atoms with E-state index in [1.165, 1.54) is 49.2 Å². The van der Waals surface area contributed by atoms with Crippen molar-refractivity contribution in [2.75, 3.05) is 7.05 Å². The maximum atomic E-state index is 5.39.